The zero-order chi connectivity index (χ0) is 15.7. The van der Waals surface area contributed by atoms with Gasteiger partial charge in [-0.3, -0.25) is 0 Å². The van der Waals surface area contributed by atoms with Crippen molar-refractivity contribution in [3.8, 4) is 6.07 Å². The second kappa shape index (κ2) is 5.55. The molecule has 1 aliphatic heterocycles. The van der Waals surface area contributed by atoms with Crippen LogP contribution in [0.4, 0.5) is 5.69 Å². The van der Waals surface area contributed by atoms with Crippen molar-refractivity contribution in [2.24, 2.45) is 0 Å². The molecule has 1 aromatic carbocycles. The molecule has 0 saturated carbocycles. The quantitative estimate of drug-likeness (QED) is 0.681. The van der Waals surface area contributed by atoms with Crippen molar-refractivity contribution in [3.05, 3.63) is 36.9 Å². The van der Waals surface area contributed by atoms with E-state index >= 15 is 0 Å². The van der Waals surface area contributed by atoms with E-state index in [1.807, 2.05) is 52.0 Å². The number of benzene rings is 1. The molecule has 0 aliphatic carbocycles. The molecule has 2 rings (SSSR count). The molecule has 0 spiro atoms. The first-order valence-electron chi connectivity index (χ1n) is 7.03. The summed E-state index contributed by atoms with van der Waals surface area (Å²) in [5, 5.41) is 12.0. The molecule has 0 bridgehead atoms. The fourth-order valence-electron chi connectivity index (χ4n) is 2.04. The van der Waals surface area contributed by atoms with Crippen molar-refractivity contribution in [2.45, 2.75) is 44.9 Å². The van der Waals surface area contributed by atoms with Gasteiger partial charge in [-0.25, -0.2) is 0 Å². The second-order valence-corrected chi connectivity index (χ2v) is 6.20. The number of rotatable bonds is 4. The van der Waals surface area contributed by atoms with Gasteiger partial charge >= 0.3 is 7.12 Å². The van der Waals surface area contributed by atoms with E-state index in [9.17, 15) is 0 Å². The molecule has 110 valence electrons. The number of anilines is 1. The lowest BCUT2D eigenvalue weighted by atomic mass is 9.79. The maximum atomic E-state index is 8.91. The summed E-state index contributed by atoms with van der Waals surface area (Å²) in [6, 6.07) is 9.43. The number of nitrogens with zero attached hydrogens (tertiary/aromatic N) is 1. The number of hydrogen-bond acceptors (Lipinski definition) is 4. The summed E-state index contributed by atoms with van der Waals surface area (Å²) in [6.45, 7) is 11.7. The van der Waals surface area contributed by atoms with E-state index in [4.69, 9.17) is 14.6 Å². The largest absolute Gasteiger partial charge is 0.494 e. The van der Waals surface area contributed by atoms with Crippen LogP contribution in [0.25, 0.3) is 0 Å². The van der Waals surface area contributed by atoms with Crippen LogP contribution < -0.4 is 10.8 Å². The molecule has 1 saturated heterocycles. The van der Waals surface area contributed by atoms with Crippen molar-refractivity contribution >= 4 is 18.3 Å². The third-order valence-corrected chi connectivity index (χ3v) is 4.13. The monoisotopic (exact) mass is 284 g/mol. The number of hydrogen-bond donors (Lipinski definition) is 1. The molecule has 0 aromatic heterocycles. The minimum absolute atomic E-state index is 0.344. The van der Waals surface area contributed by atoms with E-state index in [1.165, 1.54) is 0 Å². The summed E-state index contributed by atoms with van der Waals surface area (Å²) in [5.41, 5.74) is 1.14. The van der Waals surface area contributed by atoms with Crippen LogP contribution in [0.15, 0.2) is 36.9 Å². The smallest absolute Gasteiger partial charge is 0.399 e. The fraction of sp³-hybridized carbons (Fsp3) is 0.438. The molecule has 0 radical (unpaired) electrons. The van der Waals surface area contributed by atoms with Crippen molar-refractivity contribution in [2.75, 3.05) is 5.32 Å². The van der Waals surface area contributed by atoms with E-state index in [2.05, 4.69) is 18.0 Å². The SMILES string of the molecule is C=CC(C#N)Nc1ccc(B2OC(C)(C)C(C)(C)O2)cc1. The third kappa shape index (κ3) is 3.12. The molecular formula is C16H21BN2O2. The molecule has 1 N–H and O–H groups in total. The fourth-order valence-corrected chi connectivity index (χ4v) is 2.04. The van der Waals surface area contributed by atoms with Gasteiger partial charge in [-0.15, -0.1) is 0 Å². The van der Waals surface area contributed by atoms with Gasteiger partial charge in [0.15, 0.2) is 0 Å². The summed E-state index contributed by atoms with van der Waals surface area (Å²) in [7, 11) is -0.366. The summed E-state index contributed by atoms with van der Waals surface area (Å²) in [4.78, 5) is 0. The first-order chi connectivity index (χ1) is 9.79. The Morgan fingerprint density at radius 2 is 1.71 bits per heavy atom. The predicted octanol–water partition coefficient (Wildman–Crippen LogP) is 2.48. The first kappa shape index (κ1) is 15.6. The molecule has 21 heavy (non-hydrogen) atoms. The highest BCUT2D eigenvalue weighted by Crippen LogP contribution is 2.36. The summed E-state index contributed by atoms with van der Waals surface area (Å²) in [6.07, 6.45) is 1.57. The van der Waals surface area contributed by atoms with E-state index in [0.29, 0.717) is 0 Å². The number of nitriles is 1. The normalized spacial score (nSPS) is 20.6. The third-order valence-electron chi connectivity index (χ3n) is 4.13. The number of nitrogens with one attached hydrogen (secondary N) is 1. The molecule has 1 atom stereocenters. The van der Waals surface area contributed by atoms with E-state index in [-0.39, 0.29) is 18.3 Å². The van der Waals surface area contributed by atoms with Gasteiger partial charge in [-0.2, -0.15) is 5.26 Å². The standard InChI is InChI=1S/C16H21BN2O2/c1-6-13(11-18)19-14-9-7-12(8-10-14)17-20-15(2,3)16(4,5)21-17/h6-10,13,19H,1H2,2-5H3. The molecule has 0 amide bonds. The topological polar surface area (TPSA) is 54.3 Å². The molecular weight excluding hydrogens is 263 g/mol. The van der Waals surface area contributed by atoms with Crippen LogP contribution in [-0.2, 0) is 9.31 Å². The van der Waals surface area contributed by atoms with Crippen molar-refractivity contribution in [3.63, 3.8) is 0 Å². The Hall–Kier alpha value is -1.77. The zero-order valence-electron chi connectivity index (χ0n) is 13.0. The first-order valence-corrected chi connectivity index (χ1v) is 7.03. The van der Waals surface area contributed by atoms with Gasteiger partial charge in [0.1, 0.15) is 6.04 Å². The van der Waals surface area contributed by atoms with Gasteiger partial charge in [0.25, 0.3) is 0 Å². The Morgan fingerprint density at radius 3 is 2.14 bits per heavy atom. The second-order valence-electron chi connectivity index (χ2n) is 6.20. The van der Waals surface area contributed by atoms with Crippen LogP contribution in [0.5, 0.6) is 0 Å². The van der Waals surface area contributed by atoms with Crippen LogP contribution in [0, 0.1) is 11.3 Å². The van der Waals surface area contributed by atoms with Crippen LogP contribution in [-0.4, -0.2) is 24.4 Å². The minimum Gasteiger partial charge on any atom is -0.399 e. The average molecular weight is 284 g/mol. The molecule has 1 aliphatic rings. The van der Waals surface area contributed by atoms with Crippen molar-refractivity contribution in [1.29, 1.82) is 5.26 Å². The molecule has 1 unspecified atom stereocenters. The van der Waals surface area contributed by atoms with Gasteiger partial charge in [0, 0.05) is 5.69 Å². The summed E-state index contributed by atoms with van der Waals surface area (Å²) < 4.78 is 12.0. The van der Waals surface area contributed by atoms with Gasteiger partial charge in [-0.1, -0.05) is 24.8 Å². The highest BCUT2D eigenvalue weighted by atomic mass is 16.7. The van der Waals surface area contributed by atoms with Crippen molar-refractivity contribution < 1.29 is 9.31 Å². The van der Waals surface area contributed by atoms with E-state index < -0.39 is 6.04 Å². The van der Waals surface area contributed by atoms with Gasteiger partial charge in [0.05, 0.1) is 17.3 Å². The Labute approximate surface area is 126 Å². The highest BCUT2D eigenvalue weighted by Gasteiger charge is 2.51. The van der Waals surface area contributed by atoms with Crippen LogP contribution >= 0.6 is 0 Å². The minimum atomic E-state index is -0.396. The lowest BCUT2D eigenvalue weighted by Gasteiger charge is -2.32. The Balaban J connectivity index is 2.11. The Morgan fingerprint density at radius 1 is 1.19 bits per heavy atom. The molecule has 1 aromatic rings. The maximum absolute atomic E-state index is 8.91. The lowest BCUT2D eigenvalue weighted by molar-refractivity contribution is 0.00578. The summed E-state index contributed by atoms with van der Waals surface area (Å²) in [5.74, 6) is 0. The maximum Gasteiger partial charge on any atom is 0.494 e. The summed E-state index contributed by atoms with van der Waals surface area (Å²) >= 11 is 0. The lowest BCUT2D eigenvalue weighted by Crippen LogP contribution is -2.41. The van der Waals surface area contributed by atoms with Gasteiger partial charge in [-0.05, 0) is 45.3 Å². The molecule has 4 nitrogen and oxygen atoms in total. The molecule has 1 heterocycles. The Bertz CT molecular complexity index is 545. The molecule has 1 fully saturated rings. The van der Waals surface area contributed by atoms with Gasteiger partial charge in [0.2, 0.25) is 0 Å². The van der Waals surface area contributed by atoms with Crippen molar-refractivity contribution in [1.82, 2.24) is 0 Å². The van der Waals surface area contributed by atoms with E-state index in [0.717, 1.165) is 11.2 Å². The van der Waals surface area contributed by atoms with Crippen LogP contribution in [0.2, 0.25) is 0 Å². The van der Waals surface area contributed by atoms with Crippen LogP contribution in [0.3, 0.4) is 0 Å². The zero-order valence-corrected chi connectivity index (χ0v) is 13.0. The Kier molecular flexibility index (Phi) is 4.13. The van der Waals surface area contributed by atoms with Crippen LogP contribution in [0.1, 0.15) is 27.7 Å². The molecule has 5 heteroatoms. The average Bonchev–Trinajstić information content (AvgIpc) is 2.65. The predicted molar refractivity (Wildman–Crippen MR) is 85.4 cm³/mol. The van der Waals surface area contributed by atoms with Gasteiger partial charge < -0.3 is 14.6 Å². The van der Waals surface area contributed by atoms with E-state index in [1.54, 1.807) is 6.08 Å². The highest BCUT2D eigenvalue weighted by molar-refractivity contribution is 6.62.